The van der Waals surface area contributed by atoms with Gasteiger partial charge in [0.2, 0.25) is 12.6 Å². The van der Waals surface area contributed by atoms with Gasteiger partial charge in [0.1, 0.15) is 12.4 Å². The maximum Gasteiger partial charge on any atom is 0.209 e. The van der Waals surface area contributed by atoms with Crippen LogP contribution in [-0.4, -0.2) is 47.1 Å². The Labute approximate surface area is 180 Å². The SMILES string of the molecule is C.C.CCCCCCCCCc1ccc(OCCOC(OC)C(OC)OC)cc1. The van der Waals surface area contributed by atoms with Crippen molar-refractivity contribution >= 4 is 0 Å². The molecule has 0 spiro atoms. The molecule has 1 aromatic rings. The molecule has 1 unspecified atom stereocenters. The number of benzene rings is 1. The monoisotopic (exact) mass is 414 g/mol. The predicted octanol–water partition coefficient (Wildman–Crippen LogP) is 6.24. The van der Waals surface area contributed by atoms with Crippen molar-refractivity contribution in [3.63, 3.8) is 0 Å². The highest BCUT2D eigenvalue weighted by Gasteiger charge is 2.20. The van der Waals surface area contributed by atoms with Gasteiger partial charge in [-0.25, -0.2) is 0 Å². The van der Waals surface area contributed by atoms with Crippen LogP contribution in [0, 0.1) is 0 Å². The number of unbranched alkanes of at least 4 members (excludes halogenated alkanes) is 6. The minimum Gasteiger partial charge on any atom is -0.491 e. The number of ether oxygens (including phenoxy) is 5. The Morgan fingerprint density at radius 3 is 1.79 bits per heavy atom. The molecule has 0 fully saturated rings. The van der Waals surface area contributed by atoms with Crippen molar-refractivity contribution in [2.24, 2.45) is 0 Å². The Hall–Kier alpha value is -1.14. The van der Waals surface area contributed by atoms with Crippen molar-refractivity contribution in [2.45, 2.75) is 85.7 Å². The fourth-order valence-electron chi connectivity index (χ4n) is 2.94. The number of hydrogen-bond acceptors (Lipinski definition) is 5. The van der Waals surface area contributed by atoms with Crippen LogP contribution in [0.4, 0.5) is 0 Å². The molecule has 1 aromatic carbocycles. The Morgan fingerprint density at radius 1 is 0.690 bits per heavy atom. The molecule has 5 heteroatoms. The lowest BCUT2D eigenvalue weighted by molar-refractivity contribution is -0.264. The molecule has 0 aliphatic carbocycles. The molecule has 0 heterocycles. The van der Waals surface area contributed by atoms with Crippen LogP contribution < -0.4 is 4.74 Å². The molecule has 0 aliphatic heterocycles. The van der Waals surface area contributed by atoms with Crippen molar-refractivity contribution in [1.82, 2.24) is 0 Å². The molecular formula is C24H46O5. The van der Waals surface area contributed by atoms with E-state index >= 15 is 0 Å². The summed E-state index contributed by atoms with van der Waals surface area (Å²) in [6, 6.07) is 8.35. The third-order valence-corrected chi connectivity index (χ3v) is 4.55. The van der Waals surface area contributed by atoms with E-state index in [2.05, 4.69) is 19.1 Å². The van der Waals surface area contributed by atoms with Crippen LogP contribution >= 0.6 is 0 Å². The molecule has 0 bridgehead atoms. The van der Waals surface area contributed by atoms with Crippen LogP contribution in [0.1, 0.15) is 72.3 Å². The Bertz CT molecular complexity index is 445. The van der Waals surface area contributed by atoms with Crippen LogP contribution in [0.5, 0.6) is 5.75 Å². The first-order chi connectivity index (χ1) is 13.2. The zero-order chi connectivity index (χ0) is 19.7. The van der Waals surface area contributed by atoms with Gasteiger partial charge in [0, 0.05) is 21.3 Å². The van der Waals surface area contributed by atoms with Crippen LogP contribution in [0.3, 0.4) is 0 Å². The summed E-state index contributed by atoms with van der Waals surface area (Å²) in [5.41, 5.74) is 1.37. The molecule has 0 N–H and O–H groups in total. The van der Waals surface area contributed by atoms with Crippen molar-refractivity contribution < 1.29 is 23.7 Å². The zero-order valence-corrected chi connectivity index (χ0v) is 17.6. The molecule has 5 nitrogen and oxygen atoms in total. The highest BCUT2D eigenvalue weighted by molar-refractivity contribution is 5.27. The highest BCUT2D eigenvalue weighted by Crippen LogP contribution is 2.15. The Balaban J connectivity index is 0. The summed E-state index contributed by atoms with van der Waals surface area (Å²) in [7, 11) is 4.66. The third kappa shape index (κ3) is 13.7. The van der Waals surface area contributed by atoms with Crippen LogP contribution in [0.15, 0.2) is 24.3 Å². The molecule has 0 aliphatic rings. The number of methoxy groups -OCH3 is 3. The highest BCUT2D eigenvalue weighted by atomic mass is 16.8. The molecule has 0 saturated heterocycles. The summed E-state index contributed by atoms with van der Waals surface area (Å²) >= 11 is 0. The van der Waals surface area contributed by atoms with E-state index in [4.69, 9.17) is 23.7 Å². The molecule has 1 rings (SSSR count). The number of aryl methyl sites for hydroxylation is 1. The van der Waals surface area contributed by atoms with Gasteiger partial charge < -0.3 is 23.7 Å². The summed E-state index contributed by atoms with van der Waals surface area (Å²) < 4.78 is 26.8. The second kappa shape index (κ2) is 20.1. The largest absolute Gasteiger partial charge is 0.491 e. The molecule has 172 valence electrons. The summed E-state index contributed by atoms with van der Waals surface area (Å²) in [5.74, 6) is 0.853. The van der Waals surface area contributed by atoms with Crippen molar-refractivity contribution in [2.75, 3.05) is 34.5 Å². The van der Waals surface area contributed by atoms with E-state index in [0.29, 0.717) is 13.2 Å². The molecule has 0 saturated carbocycles. The summed E-state index contributed by atoms with van der Waals surface area (Å²) in [6.45, 7) is 3.09. The average Bonchev–Trinajstić information content (AvgIpc) is 2.70. The Kier molecular flexibility index (Phi) is 20.9. The molecule has 1 atom stereocenters. The van der Waals surface area contributed by atoms with Gasteiger partial charge in [-0.05, 0) is 30.5 Å². The fraction of sp³-hybridized carbons (Fsp3) is 0.750. The lowest BCUT2D eigenvalue weighted by Crippen LogP contribution is -2.35. The van der Waals surface area contributed by atoms with E-state index in [9.17, 15) is 0 Å². The van der Waals surface area contributed by atoms with E-state index in [1.165, 1.54) is 50.5 Å². The normalized spacial score (nSPS) is 11.6. The van der Waals surface area contributed by atoms with Crippen LogP contribution in [0.2, 0.25) is 0 Å². The smallest absolute Gasteiger partial charge is 0.209 e. The van der Waals surface area contributed by atoms with Crippen molar-refractivity contribution in [3.8, 4) is 5.75 Å². The quantitative estimate of drug-likeness (QED) is 0.223. The molecule has 0 aromatic heterocycles. The first-order valence-electron chi connectivity index (χ1n) is 10.2. The standard InChI is InChI=1S/C22H38O5.2CH4/c1-5-6-7-8-9-10-11-12-19-13-15-20(16-14-19)26-17-18-27-22(25-4)21(23-2)24-3;;/h13-16,21-22H,5-12,17-18H2,1-4H3;2*1H4. The predicted molar refractivity (Wildman–Crippen MR) is 122 cm³/mol. The van der Waals surface area contributed by atoms with E-state index in [1.807, 2.05) is 12.1 Å². The first-order valence-corrected chi connectivity index (χ1v) is 10.2. The van der Waals surface area contributed by atoms with E-state index < -0.39 is 12.6 Å². The molecular weight excluding hydrogens is 368 g/mol. The number of rotatable bonds is 17. The third-order valence-electron chi connectivity index (χ3n) is 4.55. The first kappa shape index (κ1) is 30.1. The van der Waals surface area contributed by atoms with Crippen molar-refractivity contribution in [1.29, 1.82) is 0 Å². The molecule has 0 radical (unpaired) electrons. The Morgan fingerprint density at radius 2 is 1.24 bits per heavy atom. The average molecular weight is 415 g/mol. The van der Waals surface area contributed by atoms with E-state index in [-0.39, 0.29) is 14.9 Å². The van der Waals surface area contributed by atoms with Gasteiger partial charge >= 0.3 is 0 Å². The van der Waals surface area contributed by atoms with Gasteiger partial charge in [-0.1, -0.05) is 72.4 Å². The maximum absolute atomic E-state index is 5.72. The van der Waals surface area contributed by atoms with Crippen molar-refractivity contribution in [3.05, 3.63) is 29.8 Å². The second-order valence-corrected chi connectivity index (χ2v) is 6.68. The zero-order valence-electron chi connectivity index (χ0n) is 17.6. The summed E-state index contributed by atoms with van der Waals surface area (Å²) in [5, 5.41) is 0. The molecule has 0 amide bonds. The van der Waals surface area contributed by atoms with Gasteiger partial charge in [-0.15, -0.1) is 0 Å². The minimum atomic E-state index is -0.576. The van der Waals surface area contributed by atoms with Crippen LogP contribution in [-0.2, 0) is 25.4 Å². The summed E-state index contributed by atoms with van der Waals surface area (Å²) in [6.07, 6.45) is 9.40. The number of hydrogen-bond donors (Lipinski definition) is 0. The summed E-state index contributed by atoms with van der Waals surface area (Å²) in [4.78, 5) is 0. The lowest BCUT2D eigenvalue weighted by Gasteiger charge is -2.23. The minimum absolute atomic E-state index is 0. The maximum atomic E-state index is 5.72. The fourth-order valence-corrected chi connectivity index (χ4v) is 2.94. The van der Waals surface area contributed by atoms with Gasteiger partial charge in [0.05, 0.1) is 6.61 Å². The van der Waals surface area contributed by atoms with Crippen LogP contribution in [0.25, 0.3) is 0 Å². The van der Waals surface area contributed by atoms with Gasteiger partial charge in [0.15, 0.2) is 0 Å². The second-order valence-electron chi connectivity index (χ2n) is 6.68. The topological polar surface area (TPSA) is 46.2 Å². The van der Waals surface area contributed by atoms with E-state index in [1.54, 1.807) is 21.3 Å². The van der Waals surface area contributed by atoms with Gasteiger partial charge in [0.25, 0.3) is 0 Å². The van der Waals surface area contributed by atoms with E-state index in [0.717, 1.165) is 12.2 Å². The molecule has 29 heavy (non-hydrogen) atoms. The van der Waals surface area contributed by atoms with Gasteiger partial charge in [-0.3, -0.25) is 0 Å². The lowest BCUT2D eigenvalue weighted by atomic mass is 10.0. The van der Waals surface area contributed by atoms with Gasteiger partial charge in [-0.2, -0.15) is 0 Å².